The highest BCUT2D eigenvalue weighted by molar-refractivity contribution is 5.93. The summed E-state index contributed by atoms with van der Waals surface area (Å²) in [7, 11) is 0. The number of para-hydroxylation sites is 2. The zero-order chi connectivity index (χ0) is 19.5. The Labute approximate surface area is 166 Å². The van der Waals surface area contributed by atoms with Crippen molar-refractivity contribution in [1.82, 2.24) is 0 Å². The van der Waals surface area contributed by atoms with Crippen LogP contribution in [0.3, 0.4) is 0 Å². The number of hydrogen-bond donors (Lipinski definition) is 3. The maximum Gasteiger partial charge on any atom is 0.118 e. The smallest absolute Gasteiger partial charge is 0.118 e. The lowest BCUT2D eigenvalue weighted by atomic mass is 9.97. The average molecular weight is 368 g/mol. The minimum atomic E-state index is 0.324. The molecular weight excluding hydrogens is 344 g/mol. The van der Waals surface area contributed by atoms with Gasteiger partial charge in [-0.05, 0) is 53.5 Å². The molecule has 0 spiro atoms. The number of allylic oxidation sites excluding steroid dienone is 1. The predicted molar refractivity (Wildman–Crippen MR) is 119 cm³/mol. The van der Waals surface area contributed by atoms with Crippen LogP contribution in [0.2, 0.25) is 0 Å². The van der Waals surface area contributed by atoms with E-state index in [1.807, 2.05) is 25.1 Å². The van der Waals surface area contributed by atoms with Gasteiger partial charge in [0.25, 0.3) is 0 Å². The van der Waals surface area contributed by atoms with Gasteiger partial charge in [0.1, 0.15) is 5.75 Å². The van der Waals surface area contributed by atoms with E-state index >= 15 is 0 Å². The Morgan fingerprint density at radius 1 is 1.07 bits per heavy atom. The fourth-order valence-electron chi connectivity index (χ4n) is 3.57. The summed E-state index contributed by atoms with van der Waals surface area (Å²) >= 11 is 0. The van der Waals surface area contributed by atoms with Gasteiger partial charge >= 0.3 is 0 Å². The van der Waals surface area contributed by atoms with Crippen molar-refractivity contribution < 1.29 is 5.11 Å². The summed E-state index contributed by atoms with van der Waals surface area (Å²) in [5.41, 5.74) is 8.77. The highest BCUT2D eigenvalue weighted by Crippen LogP contribution is 2.32. The first-order chi connectivity index (χ1) is 13.6. The van der Waals surface area contributed by atoms with Crippen molar-refractivity contribution in [3.8, 4) is 5.75 Å². The van der Waals surface area contributed by atoms with Crippen LogP contribution in [0.5, 0.6) is 5.75 Å². The fraction of sp³-hybridized carbons (Fsp3) is 0.120. The van der Waals surface area contributed by atoms with Crippen LogP contribution >= 0.6 is 0 Å². The Balaban J connectivity index is 1.56. The summed E-state index contributed by atoms with van der Waals surface area (Å²) in [6.07, 6.45) is 2.95. The average Bonchev–Trinajstić information content (AvgIpc) is 2.71. The molecule has 1 heterocycles. The Kier molecular flexibility index (Phi) is 4.90. The van der Waals surface area contributed by atoms with Gasteiger partial charge in [0.15, 0.2) is 0 Å². The van der Waals surface area contributed by atoms with E-state index in [2.05, 4.69) is 65.8 Å². The number of benzene rings is 3. The lowest BCUT2D eigenvalue weighted by Gasteiger charge is -2.21. The maximum absolute atomic E-state index is 9.71. The number of phenols is 1. The molecule has 4 rings (SSSR count). The molecule has 0 saturated carbocycles. The summed E-state index contributed by atoms with van der Waals surface area (Å²) in [5.74, 6) is 0.324. The standard InChI is InChI=1S/C25H24N2O/c1-17-13-19(11-12-25(17)28)14-18(2)27-24-10-6-4-8-22(24)21-15-20-7-3-5-9-23(20)26-16-21/h3-13,15,26-28H,2,14,16H2,1H3. The van der Waals surface area contributed by atoms with Gasteiger partial charge in [-0.2, -0.15) is 0 Å². The molecule has 28 heavy (non-hydrogen) atoms. The van der Waals surface area contributed by atoms with Crippen LogP contribution in [0.1, 0.15) is 22.3 Å². The summed E-state index contributed by atoms with van der Waals surface area (Å²) in [6.45, 7) is 6.91. The van der Waals surface area contributed by atoms with E-state index in [-0.39, 0.29) is 0 Å². The molecule has 3 aromatic carbocycles. The third kappa shape index (κ3) is 3.79. The van der Waals surface area contributed by atoms with Crippen molar-refractivity contribution in [2.75, 3.05) is 17.2 Å². The van der Waals surface area contributed by atoms with E-state index in [9.17, 15) is 5.11 Å². The molecule has 0 fully saturated rings. The molecule has 0 unspecified atom stereocenters. The molecule has 3 N–H and O–H groups in total. The summed E-state index contributed by atoms with van der Waals surface area (Å²) in [4.78, 5) is 0. The number of aromatic hydroxyl groups is 1. The van der Waals surface area contributed by atoms with E-state index < -0.39 is 0 Å². The van der Waals surface area contributed by atoms with Crippen molar-refractivity contribution in [3.63, 3.8) is 0 Å². The molecule has 3 aromatic rings. The van der Waals surface area contributed by atoms with E-state index in [0.29, 0.717) is 12.2 Å². The predicted octanol–water partition coefficient (Wildman–Crippen LogP) is 5.84. The van der Waals surface area contributed by atoms with Gasteiger partial charge in [-0.3, -0.25) is 0 Å². The molecule has 0 aliphatic carbocycles. The number of fused-ring (bicyclic) bond motifs is 1. The van der Waals surface area contributed by atoms with E-state index in [1.165, 1.54) is 22.4 Å². The highest BCUT2D eigenvalue weighted by Gasteiger charge is 2.14. The lowest BCUT2D eigenvalue weighted by Crippen LogP contribution is -2.11. The first-order valence-corrected chi connectivity index (χ1v) is 9.46. The summed E-state index contributed by atoms with van der Waals surface area (Å²) in [5, 5.41) is 16.7. The van der Waals surface area contributed by atoms with Gasteiger partial charge in [-0.1, -0.05) is 55.1 Å². The number of anilines is 2. The van der Waals surface area contributed by atoms with Crippen molar-refractivity contribution >= 4 is 23.0 Å². The summed E-state index contributed by atoms with van der Waals surface area (Å²) in [6, 6.07) is 22.3. The number of rotatable bonds is 5. The largest absolute Gasteiger partial charge is 0.508 e. The van der Waals surface area contributed by atoms with Gasteiger partial charge in [-0.15, -0.1) is 0 Å². The van der Waals surface area contributed by atoms with Crippen LogP contribution in [-0.2, 0) is 6.42 Å². The van der Waals surface area contributed by atoms with E-state index in [1.54, 1.807) is 6.07 Å². The molecule has 0 amide bonds. The molecule has 0 atom stereocenters. The molecule has 3 nitrogen and oxygen atoms in total. The Hall–Kier alpha value is -3.46. The second kappa shape index (κ2) is 7.65. The Bertz CT molecular complexity index is 1070. The molecule has 0 saturated heterocycles. The van der Waals surface area contributed by atoms with E-state index in [0.717, 1.165) is 29.1 Å². The van der Waals surface area contributed by atoms with Gasteiger partial charge in [-0.25, -0.2) is 0 Å². The van der Waals surface area contributed by atoms with Crippen molar-refractivity contribution in [2.45, 2.75) is 13.3 Å². The van der Waals surface area contributed by atoms with Crippen LogP contribution in [0.15, 0.2) is 79.0 Å². The highest BCUT2D eigenvalue weighted by atomic mass is 16.3. The van der Waals surface area contributed by atoms with E-state index in [4.69, 9.17) is 0 Å². The maximum atomic E-state index is 9.71. The molecule has 1 aliphatic rings. The summed E-state index contributed by atoms with van der Waals surface area (Å²) < 4.78 is 0. The zero-order valence-electron chi connectivity index (χ0n) is 16.0. The number of hydrogen-bond acceptors (Lipinski definition) is 3. The van der Waals surface area contributed by atoms with Crippen molar-refractivity contribution in [3.05, 3.63) is 101 Å². The monoisotopic (exact) mass is 368 g/mol. The van der Waals surface area contributed by atoms with Gasteiger partial charge in [0, 0.05) is 35.6 Å². The quantitative estimate of drug-likeness (QED) is 0.530. The zero-order valence-corrected chi connectivity index (χ0v) is 16.0. The Morgan fingerprint density at radius 2 is 1.86 bits per heavy atom. The topological polar surface area (TPSA) is 44.3 Å². The molecule has 140 valence electrons. The van der Waals surface area contributed by atoms with Crippen molar-refractivity contribution in [1.29, 1.82) is 0 Å². The SMILES string of the molecule is C=C(Cc1ccc(O)c(C)c1)Nc1ccccc1C1=Cc2ccccc2NC1. The minimum Gasteiger partial charge on any atom is -0.508 e. The second-order valence-corrected chi connectivity index (χ2v) is 7.18. The molecule has 0 radical (unpaired) electrons. The fourth-order valence-corrected chi connectivity index (χ4v) is 3.57. The van der Waals surface area contributed by atoms with Crippen LogP contribution in [0.4, 0.5) is 11.4 Å². The van der Waals surface area contributed by atoms with Gasteiger partial charge in [0.05, 0.1) is 0 Å². The first kappa shape index (κ1) is 17.9. The molecule has 3 heteroatoms. The second-order valence-electron chi connectivity index (χ2n) is 7.18. The number of nitrogens with one attached hydrogen (secondary N) is 2. The molecule has 0 bridgehead atoms. The van der Waals surface area contributed by atoms with Crippen molar-refractivity contribution in [2.24, 2.45) is 0 Å². The van der Waals surface area contributed by atoms with Crippen LogP contribution in [-0.4, -0.2) is 11.7 Å². The van der Waals surface area contributed by atoms with Crippen LogP contribution < -0.4 is 10.6 Å². The molecule has 0 aromatic heterocycles. The Morgan fingerprint density at radius 3 is 2.71 bits per heavy atom. The third-order valence-corrected chi connectivity index (χ3v) is 5.02. The normalized spacial score (nSPS) is 12.5. The van der Waals surface area contributed by atoms with Crippen LogP contribution in [0.25, 0.3) is 11.6 Å². The lowest BCUT2D eigenvalue weighted by molar-refractivity contribution is 0.471. The number of phenolic OH excluding ortho intramolecular Hbond substituents is 1. The minimum absolute atomic E-state index is 0.324. The van der Waals surface area contributed by atoms with Gasteiger partial charge in [0.2, 0.25) is 0 Å². The van der Waals surface area contributed by atoms with Crippen LogP contribution in [0, 0.1) is 6.92 Å². The number of aryl methyl sites for hydroxylation is 1. The molecular formula is C25H24N2O. The molecule has 1 aliphatic heterocycles. The van der Waals surface area contributed by atoms with Gasteiger partial charge < -0.3 is 15.7 Å². The first-order valence-electron chi connectivity index (χ1n) is 9.46. The third-order valence-electron chi connectivity index (χ3n) is 5.02.